The first-order valence-electron chi connectivity index (χ1n) is 4.30. The largest absolute Gasteiger partial charge is 0.458 e. The number of Topliss-reactive ketones (excluding diaryl/α,β-unsaturated/α-hetero) is 1. The summed E-state index contributed by atoms with van der Waals surface area (Å²) in [5, 5.41) is 2.18. The monoisotopic (exact) mass is 211 g/mol. The van der Waals surface area contributed by atoms with Crippen molar-refractivity contribution < 1.29 is 19.1 Å². The number of rotatable bonds is 3. The molecule has 6 nitrogen and oxygen atoms in total. The number of nitrogens with zero attached hydrogens (tertiary/aromatic N) is 1. The van der Waals surface area contributed by atoms with Crippen LogP contribution in [-0.4, -0.2) is 23.8 Å². The van der Waals surface area contributed by atoms with E-state index in [1.807, 2.05) is 0 Å². The highest BCUT2D eigenvalue weighted by atomic mass is 16.5. The summed E-state index contributed by atoms with van der Waals surface area (Å²) in [6.45, 7) is 1.23. The van der Waals surface area contributed by atoms with Crippen molar-refractivity contribution in [2.75, 3.05) is 0 Å². The predicted molar refractivity (Wildman–Crippen MR) is 48.7 cm³/mol. The normalized spacial score (nSPS) is 19.7. The van der Waals surface area contributed by atoms with Crippen LogP contribution in [0.25, 0.3) is 0 Å². The lowest BCUT2D eigenvalue weighted by molar-refractivity contribution is -0.144. The average Bonchev–Trinajstić information content (AvgIpc) is 2.45. The molecule has 1 aliphatic rings. The topological polar surface area (TPSA) is 89.9 Å². The van der Waals surface area contributed by atoms with Crippen LogP contribution in [0.15, 0.2) is 16.8 Å². The van der Waals surface area contributed by atoms with E-state index in [4.69, 9.17) is 4.74 Å². The number of hydrogen-bond acceptors (Lipinski definition) is 5. The molecule has 80 valence electrons. The standard InChI is InChI=1S/C9H9NO5/c1-5(11)15-7-2-6(8(12)4-7)3-9(13)10-14/h2,7H,3-4H2,1H3/t7-/m0/s1. The second-order valence-electron chi connectivity index (χ2n) is 3.13. The second kappa shape index (κ2) is 4.59. The average molecular weight is 211 g/mol. The third-order valence-electron chi connectivity index (χ3n) is 1.89. The van der Waals surface area contributed by atoms with Crippen molar-refractivity contribution in [2.24, 2.45) is 5.18 Å². The van der Waals surface area contributed by atoms with E-state index in [0.717, 1.165) is 0 Å². The Morgan fingerprint density at radius 1 is 1.60 bits per heavy atom. The molecule has 0 N–H and O–H groups in total. The summed E-state index contributed by atoms with van der Waals surface area (Å²) in [4.78, 5) is 42.4. The Hall–Kier alpha value is -1.85. The molecule has 1 aliphatic carbocycles. The van der Waals surface area contributed by atoms with E-state index < -0.39 is 18.0 Å². The Labute approximate surface area is 85.3 Å². The first-order chi connectivity index (χ1) is 7.02. The van der Waals surface area contributed by atoms with Gasteiger partial charge < -0.3 is 4.74 Å². The van der Waals surface area contributed by atoms with Gasteiger partial charge in [-0.05, 0) is 6.08 Å². The van der Waals surface area contributed by atoms with Gasteiger partial charge in [0.15, 0.2) is 5.78 Å². The smallest absolute Gasteiger partial charge is 0.303 e. The fraction of sp³-hybridized carbons (Fsp3) is 0.444. The van der Waals surface area contributed by atoms with E-state index in [1.165, 1.54) is 13.0 Å². The van der Waals surface area contributed by atoms with Crippen LogP contribution in [0.2, 0.25) is 0 Å². The summed E-state index contributed by atoms with van der Waals surface area (Å²) in [5.41, 5.74) is 0.186. The number of ketones is 1. The van der Waals surface area contributed by atoms with Crippen LogP contribution in [0.4, 0.5) is 0 Å². The maximum absolute atomic E-state index is 11.3. The number of amides is 1. The molecule has 0 saturated carbocycles. The van der Waals surface area contributed by atoms with Gasteiger partial charge in [-0.2, -0.15) is 0 Å². The third kappa shape index (κ3) is 3.08. The molecule has 0 fully saturated rings. The molecule has 0 bridgehead atoms. The SMILES string of the molecule is CC(=O)O[C@H]1C=C(CC(=O)N=O)C(=O)C1. The maximum atomic E-state index is 11.3. The van der Waals surface area contributed by atoms with E-state index in [9.17, 15) is 19.3 Å². The lowest BCUT2D eigenvalue weighted by Crippen LogP contribution is -2.12. The minimum atomic E-state index is -0.905. The van der Waals surface area contributed by atoms with Crippen molar-refractivity contribution in [3.05, 3.63) is 16.6 Å². The Balaban J connectivity index is 2.64. The third-order valence-corrected chi connectivity index (χ3v) is 1.89. The van der Waals surface area contributed by atoms with Crippen molar-refractivity contribution in [3.63, 3.8) is 0 Å². The van der Waals surface area contributed by atoms with Crippen molar-refractivity contribution in [3.8, 4) is 0 Å². The van der Waals surface area contributed by atoms with E-state index in [2.05, 4.69) is 5.18 Å². The van der Waals surface area contributed by atoms with Crippen LogP contribution in [0.5, 0.6) is 0 Å². The summed E-state index contributed by atoms with van der Waals surface area (Å²) >= 11 is 0. The zero-order valence-corrected chi connectivity index (χ0v) is 8.06. The van der Waals surface area contributed by atoms with Crippen molar-refractivity contribution in [1.29, 1.82) is 0 Å². The number of ether oxygens (including phenoxy) is 1. The van der Waals surface area contributed by atoms with Gasteiger partial charge in [0.1, 0.15) is 6.10 Å². The molecule has 0 unspecified atom stereocenters. The number of carbonyl (C=O) groups excluding carboxylic acids is 3. The first-order valence-corrected chi connectivity index (χ1v) is 4.30. The van der Waals surface area contributed by atoms with Crippen molar-refractivity contribution >= 4 is 17.7 Å². The molecule has 0 spiro atoms. The Kier molecular flexibility index (Phi) is 3.43. The van der Waals surface area contributed by atoms with E-state index in [0.29, 0.717) is 0 Å². The van der Waals surface area contributed by atoms with Crippen LogP contribution in [-0.2, 0) is 19.1 Å². The fourth-order valence-corrected chi connectivity index (χ4v) is 1.33. The molecule has 0 radical (unpaired) electrons. The molecule has 1 rings (SSSR count). The lowest BCUT2D eigenvalue weighted by Gasteiger charge is -2.05. The molecule has 0 aromatic heterocycles. The molecule has 0 aromatic rings. The van der Waals surface area contributed by atoms with Crippen LogP contribution in [0, 0.1) is 4.91 Å². The molecular weight excluding hydrogens is 202 g/mol. The molecule has 6 heteroatoms. The van der Waals surface area contributed by atoms with Gasteiger partial charge in [-0.25, -0.2) is 0 Å². The van der Waals surface area contributed by atoms with Crippen LogP contribution >= 0.6 is 0 Å². The lowest BCUT2D eigenvalue weighted by atomic mass is 10.1. The number of carbonyl (C=O) groups is 3. The summed E-state index contributed by atoms with van der Waals surface area (Å²) < 4.78 is 4.77. The van der Waals surface area contributed by atoms with Gasteiger partial charge in [0.05, 0.1) is 12.8 Å². The molecular formula is C9H9NO5. The number of hydrogen-bond donors (Lipinski definition) is 0. The molecule has 0 saturated heterocycles. The quantitative estimate of drug-likeness (QED) is 0.500. The minimum Gasteiger partial charge on any atom is -0.458 e. The zero-order valence-electron chi connectivity index (χ0n) is 8.06. The fourth-order valence-electron chi connectivity index (χ4n) is 1.33. The Bertz CT molecular complexity index is 358. The van der Waals surface area contributed by atoms with E-state index in [-0.39, 0.29) is 24.2 Å². The maximum Gasteiger partial charge on any atom is 0.303 e. The Morgan fingerprint density at radius 3 is 2.80 bits per heavy atom. The van der Waals surface area contributed by atoms with Crippen LogP contribution in [0.3, 0.4) is 0 Å². The van der Waals surface area contributed by atoms with Gasteiger partial charge >= 0.3 is 5.97 Å². The van der Waals surface area contributed by atoms with Gasteiger partial charge in [0, 0.05) is 17.7 Å². The highest BCUT2D eigenvalue weighted by Gasteiger charge is 2.27. The highest BCUT2D eigenvalue weighted by molar-refractivity contribution is 6.02. The molecule has 15 heavy (non-hydrogen) atoms. The summed E-state index contributed by atoms with van der Waals surface area (Å²) in [6, 6.07) is 0. The van der Waals surface area contributed by atoms with E-state index >= 15 is 0 Å². The van der Waals surface area contributed by atoms with Gasteiger partial charge in [0.2, 0.25) is 0 Å². The Morgan fingerprint density at radius 2 is 2.27 bits per heavy atom. The van der Waals surface area contributed by atoms with E-state index in [1.54, 1.807) is 0 Å². The van der Waals surface area contributed by atoms with Crippen molar-refractivity contribution in [1.82, 2.24) is 0 Å². The molecule has 0 heterocycles. The molecule has 0 aromatic carbocycles. The summed E-state index contributed by atoms with van der Waals surface area (Å²) in [6.07, 6.45) is 0.470. The predicted octanol–water partition coefficient (Wildman–Crippen LogP) is 0.500. The summed E-state index contributed by atoms with van der Waals surface area (Å²) in [5.74, 6) is -1.69. The highest BCUT2D eigenvalue weighted by Crippen LogP contribution is 2.20. The number of nitroso groups, excluding NO2 is 1. The molecule has 0 aliphatic heterocycles. The zero-order chi connectivity index (χ0) is 11.4. The van der Waals surface area contributed by atoms with Crippen LogP contribution < -0.4 is 0 Å². The molecule has 1 atom stereocenters. The van der Waals surface area contributed by atoms with Gasteiger partial charge in [-0.15, -0.1) is 4.91 Å². The van der Waals surface area contributed by atoms with Gasteiger partial charge in [0.25, 0.3) is 5.91 Å². The van der Waals surface area contributed by atoms with Gasteiger partial charge in [-0.3, -0.25) is 14.4 Å². The van der Waals surface area contributed by atoms with Gasteiger partial charge in [-0.1, -0.05) is 0 Å². The van der Waals surface area contributed by atoms with Crippen molar-refractivity contribution in [2.45, 2.75) is 25.9 Å². The first kappa shape index (κ1) is 11.2. The second-order valence-corrected chi connectivity index (χ2v) is 3.13. The van der Waals surface area contributed by atoms with Crippen LogP contribution in [0.1, 0.15) is 19.8 Å². The summed E-state index contributed by atoms with van der Waals surface area (Å²) in [7, 11) is 0. The molecule has 1 amide bonds. The minimum absolute atomic E-state index is 0.0288. The number of esters is 1.